The zero-order valence-electron chi connectivity index (χ0n) is 12.3. The summed E-state index contributed by atoms with van der Waals surface area (Å²) < 4.78 is 9.91. The van der Waals surface area contributed by atoms with E-state index in [9.17, 15) is 0 Å². The largest absolute Gasteiger partial charge is 0.376 e. The van der Waals surface area contributed by atoms with Gasteiger partial charge >= 0.3 is 0 Å². The Morgan fingerprint density at radius 2 is 2.10 bits per heavy atom. The summed E-state index contributed by atoms with van der Waals surface area (Å²) in [5, 5.41) is 4.49. The third-order valence-electron chi connectivity index (χ3n) is 4.10. The summed E-state index contributed by atoms with van der Waals surface area (Å²) >= 11 is 0. The summed E-state index contributed by atoms with van der Waals surface area (Å²) in [6, 6.07) is 0. The molecule has 2 aromatic rings. The molecule has 0 radical (unpaired) electrons. The molecule has 0 amide bonds. The van der Waals surface area contributed by atoms with Gasteiger partial charge in [0.05, 0.1) is 24.9 Å². The second kappa shape index (κ2) is 5.44. The van der Waals surface area contributed by atoms with Crippen molar-refractivity contribution >= 4 is 17.1 Å². The molecule has 2 heterocycles. The van der Waals surface area contributed by atoms with Gasteiger partial charge in [0.25, 0.3) is 0 Å². The monoisotopic (exact) mass is 277 g/mol. The van der Waals surface area contributed by atoms with Crippen LogP contribution in [-0.4, -0.2) is 32.0 Å². The molecule has 6 heteroatoms. The van der Waals surface area contributed by atoms with Crippen LogP contribution in [0.4, 0.5) is 5.95 Å². The summed E-state index contributed by atoms with van der Waals surface area (Å²) in [6.07, 6.45) is 5.42. The van der Waals surface area contributed by atoms with Gasteiger partial charge in [0.1, 0.15) is 5.52 Å². The molecule has 0 spiro atoms. The molecule has 1 aliphatic carbocycles. The number of hydrogen-bond acceptors (Lipinski definition) is 4. The maximum Gasteiger partial charge on any atom is 0.202 e. The smallest absolute Gasteiger partial charge is 0.202 e. The number of nitrogen functional groups attached to an aromatic ring is 1. The third kappa shape index (κ3) is 2.28. The molecule has 0 atom stereocenters. The van der Waals surface area contributed by atoms with Crippen molar-refractivity contribution in [1.82, 2.24) is 19.3 Å². The van der Waals surface area contributed by atoms with Gasteiger partial charge in [-0.25, -0.2) is 9.67 Å². The Balaban J connectivity index is 1.77. The van der Waals surface area contributed by atoms with E-state index in [-0.39, 0.29) is 0 Å². The van der Waals surface area contributed by atoms with Gasteiger partial charge in [-0.2, -0.15) is 5.10 Å². The molecule has 3 rings (SSSR count). The van der Waals surface area contributed by atoms with E-state index < -0.39 is 0 Å². The van der Waals surface area contributed by atoms with Crippen LogP contribution in [0.15, 0.2) is 0 Å². The zero-order valence-corrected chi connectivity index (χ0v) is 12.3. The van der Waals surface area contributed by atoms with Crippen LogP contribution in [0.25, 0.3) is 11.2 Å². The van der Waals surface area contributed by atoms with Crippen molar-refractivity contribution in [3.05, 3.63) is 5.69 Å². The van der Waals surface area contributed by atoms with Crippen molar-refractivity contribution in [1.29, 1.82) is 0 Å². The maximum absolute atomic E-state index is 6.04. The molecule has 6 nitrogen and oxygen atoms in total. The summed E-state index contributed by atoms with van der Waals surface area (Å²) in [4.78, 5) is 4.43. The molecule has 1 saturated carbocycles. The van der Waals surface area contributed by atoms with Crippen LogP contribution in [0.2, 0.25) is 0 Å². The van der Waals surface area contributed by atoms with E-state index in [1.807, 2.05) is 16.2 Å². The van der Waals surface area contributed by atoms with Crippen LogP contribution in [0.5, 0.6) is 0 Å². The van der Waals surface area contributed by atoms with Crippen molar-refractivity contribution in [3.8, 4) is 0 Å². The highest BCUT2D eigenvalue weighted by atomic mass is 16.5. The van der Waals surface area contributed by atoms with Crippen LogP contribution in [-0.2, 0) is 17.8 Å². The molecule has 110 valence electrons. The SMILES string of the molecule is CCn1nc(C)c2nc(N)n(CCOC3CCCC3)c21. The lowest BCUT2D eigenvalue weighted by atomic mass is 10.3. The number of fused-ring (bicyclic) bond motifs is 1. The minimum atomic E-state index is 0.438. The Morgan fingerprint density at radius 1 is 1.35 bits per heavy atom. The van der Waals surface area contributed by atoms with Gasteiger partial charge in [-0.3, -0.25) is 4.57 Å². The molecule has 0 bridgehead atoms. The molecule has 0 aliphatic heterocycles. The Hall–Kier alpha value is -1.56. The Labute approximate surface area is 118 Å². The van der Waals surface area contributed by atoms with Crippen molar-refractivity contribution in [2.75, 3.05) is 12.3 Å². The highest BCUT2D eigenvalue weighted by Crippen LogP contribution is 2.23. The number of aromatic nitrogens is 4. The fourth-order valence-electron chi connectivity index (χ4n) is 3.05. The number of anilines is 1. The third-order valence-corrected chi connectivity index (χ3v) is 4.10. The van der Waals surface area contributed by atoms with Crippen LogP contribution >= 0.6 is 0 Å². The number of aryl methyl sites for hydroxylation is 2. The van der Waals surface area contributed by atoms with Gasteiger partial charge in [-0.1, -0.05) is 12.8 Å². The van der Waals surface area contributed by atoms with Crippen LogP contribution < -0.4 is 5.73 Å². The van der Waals surface area contributed by atoms with E-state index in [1.165, 1.54) is 25.7 Å². The van der Waals surface area contributed by atoms with Gasteiger partial charge in [-0.15, -0.1) is 0 Å². The lowest BCUT2D eigenvalue weighted by molar-refractivity contribution is 0.0535. The molecule has 0 saturated heterocycles. The molecule has 1 aliphatic rings. The zero-order chi connectivity index (χ0) is 14.1. The van der Waals surface area contributed by atoms with E-state index >= 15 is 0 Å². The summed E-state index contributed by atoms with van der Waals surface area (Å²) in [6.45, 7) is 6.30. The molecule has 1 fully saturated rings. The highest BCUT2D eigenvalue weighted by Gasteiger charge is 2.18. The van der Waals surface area contributed by atoms with Gasteiger partial charge in [-0.05, 0) is 26.7 Å². The van der Waals surface area contributed by atoms with Crippen LogP contribution in [0.1, 0.15) is 38.3 Å². The van der Waals surface area contributed by atoms with Crippen LogP contribution in [0, 0.1) is 6.92 Å². The lowest BCUT2D eigenvalue weighted by Gasteiger charge is -2.12. The standard InChI is InChI=1S/C14H23N5O/c1-3-19-13-12(10(2)17-19)16-14(15)18(13)8-9-20-11-6-4-5-7-11/h11H,3-9H2,1-2H3,(H2,15,16). The number of hydrogen-bond donors (Lipinski definition) is 1. The number of imidazole rings is 1. The first-order valence-electron chi connectivity index (χ1n) is 7.51. The number of ether oxygens (including phenoxy) is 1. The van der Waals surface area contributed by atoms with Gasteiger partial charge < -0.3 is 10.5 Å². The predicted molar refractivity (Wildman–Crippen MR) is 78.5 cm³/mol. The van der Waals surface area contributed by atoms with Gasteiger partial charge in [0.15, 0.2) is 5.65 Å². The minimum Gasteiger partial charge on any atom is -0.376 e. The van der Waals surface area contributed by atoms with Crippen molar-refractivity contribution in [3.63, 3.8) is 0 Å². The average molecular weight is 277 g/mol. The minimum absolute atomic E-state index is 0.438. The molecule has 0 unspecified atom stereocenters. The Bertz CT molecular complexity index is 594. The molecule has 2 aromatic heterocycles. The Kier molecular flexibility index (Phi) is 3.65. The van der Waals surface area contributed by atoms with Crippen molar-refractivity contribution < 1.29 is 4.74 Å². The first-order chi connectivity index (χ1) is 9.70. The molecule has 2 N–H and O–H groups in total. The summed E-state index contributed by atoms with van der Waals surface area (Å²) in [7, 11) is 0. The van der Waals surface area contributed by atoms with E-state index in [0.29, 0.717) is 18.7 Å². The van der Waals surface area contributed by atoms with Crippen molar-refractivity contribution in [2.45, 2.75) is 58.7 Å². The van der Waals surface area contributed by atoms with Gasteiger partial charge in [0, 0.05) is 6.54 Å². The first-order valence-corrected chi connectivity index (χ1v) is 7.51. The fourth-order valence-corrected chi connectivity index (χ4v) is 3.05. The van der Waals surface area contributed by atoms with Crippen molar-refractivity contribution in [2.24, 2.45) is 0 Å². The second-order valence-corrected chi connectivity index (χ2v) is 5.47. The average Bonchev–Trinajstić information content (AvgIpc) is 3.11. The number of nitrogens with two attached hydrogens (primary N) is 1. The summed E-state index contributed by atoms with van der Waals surface area (Å²) in [5.74, 6) is 0.553. The lowest BCUT2D eigenvalue weighted by Crippen LogP contribution is -2.15. The second-order valence-electron chi connectivity index (χ2n) is 5.47. The van der Waals surface area contributed by atoms with E-state index in [2.05, 4.69) is 17.0 Å². The fraction of sp³-hybridized carbons (Fsp3) is 0.714. The number of nitrogens with zero attached hydrogens (tertiary/aromatic N) is 4. The van der Waals surface area contributed by atoms with E-state index in [4.69, 9.17) is 10.5 Å². The van der Waals surface area contributed by atoms with E-state index in [0.717, 1.165) is 29.9 Å². The van der Waals surface area contributed by atoms with E-state index in [1.54, 1.807) is 0 Å². The maximum atomic E-state index is 6.04. The van der Waals surface area contributed by atoms with Crippen LogP contribution in [0.3, 0.4) is 0 Å². The molecule has 0 aromatic carbocycles. The molecular weight excluding hydrogens is 254 g/mol. The molecule has 20 heavy (non-hydrogen) atoms. The highest BCUT2D eigenvalue weighted by molar-refractivity contribution is 5.77. The molecular formula is C14H23N5O. The quantitative estimate of drug-likeness (QED) is 0.908. The van der Waals surface area contributed by atoms with Gasteiger partial charge in [0.2, 0.25) is 5.95 Å². The number of rotatable bonds is 5. The normalized spacial score (nSPS) is 16.5. The topological polar surface area (TPSA) is 70.9 Å². The predicted octanol–water partition coefficient (Wildman–Crippen LogP) is 2.10. The Morgan fingerprint density at radius 3 is 2.80 bits per heavy atom. The summed E-state index contributed by atoms with van der Waals surface area (Å²) in [5.41, 5.74) is 8.89. The first kappa shape index (κ1) is 13.4.